The highest BCUT2D eigenvalue weighted by Crippen LogP contribution is 2.32. The Kier molecular flexibility index (Phi) is 17.0. The van der Waals surface area contributed by atoms with Crippen LogP contribution < -0.4 is 26.6 Å². The van der Waals surface area contributed by atoms with Crippen molar-refractivity contribution in [1.29, 1.82) is 0 Å². The minimum Gasteiger partial charge on any atom is -0.444 e. The van der Waals surface area contributed by atoms with Crippen LogP contribution in [-0.2, 0) is 25.0 Å². The average molecular weight is 947 g/mol. The molecule has 0 saturated carbocycles. The van der Waals surface area contributed by atoms with E-state index in [2.05, 4.69) is 71.4 Å². The maximum Gasteiger partial charge on any atom is 0.412 e. The van der Waals surface area contributed by atoms with Gasteiger partial charge in [0, 0.05) is 73.6 Å². The summed E-state index contributed by atoms with van der Waals surface area (Å²) in [4.78, 5) is 60.9. The van der Waals surface area contributed by atoms with Crippen LogP contribution in [0, 0.1) is 13.8 Å². The highest BCUT2D eigenvalue weighted by Gasteiger charge is 2.19. The Morgan fingerprint density at radius 3 is 1.68 bits per heavy atom. The number of hydrogen-bond donors (Lipinski definition) is 5. The van der Waals surface area contributed by atoms with E-state index in [9.17, 15) is 13.8 Å². The summed E-state index contributed by atoms with van der Waals surface area (Å²) in [5.41, 5.74) is 6.03. The van der Waals surface area contributed by atoms with Crippen LogP contribution in [0.5, 0.6) is 0 Å². The molecule has 1 aliphatic heterocycles. The molecule has 20 nitrogen and oxygen atoms in total. The van der Waals surface area contributed by atoms with Crippen LogP contribution in [0.4, 0.5) is 49.8 Å². The maximum absolute atomic E-state index is 12.2. The third kappa shape index (κ3) is 15.4. The van der Waals surface area contributed by atoms with E-state index in [0.29, 0.717) is 45.0 Å². The van der Waals surface area contributed by atoms with Gasteiger partial charge in [-0.05, 0) is 96.8 Å². The number of amides is 2. The van der Waals surface area contributed by atoms with Gasteiger partial charge in [0.25, 0.3) is 0 Å². The fraction of sp³-hybridized carbons (Fsp3) is 0.362. The van der Waals surface area contributed by atoms with Gasteiger partial charge in [-0.1, -0.05) is 12.1 Å². The summed E-state index contributed by atoms with van der Waals surface area (Å²) in [6.45, 7) is 19.9. The second-order valence-electron chi connectivity index (χ2n) is 17.5. The molecule has 7 rings (SSSR count). The lowest BCUT2D eigenvalue weighted by Gasteiger charge is -2.26. The van der Waals surface area contributed by atoms with Crippen molar-refractivity contribution in [2.24, 2.45) is 0 Å². The van der Waals surface area contributed by atoms with Crippen LogP contribution in [0.2, 0.25) is 0 Å². The first-order chi connectivity index (χ1) is 32.4. The van der Waals surface area contributed by atoms with Gasteiger partial charge in [-0.2, -0.15) is 0 Å². The third-order valence-electron chi connectivity index (χ3n) is 9.69. The van der Waals surface area contributed by atoms with Gasteiger partial charge in [0.1, 0.15) is 59.0 Å². The quantitative estimate of drug-likeness (QED) is 0.0686. The molecule has 6 aromatic rings. The number of hydrogen-bond acceptors (Lipinski definition) is 18. The van der Waals surface area contributed by atoms with Crippen molar-refractivity contribution in [2.45, 2.75) is 71.6 Å². The lowest BCUT2D eigenvalue weighted by molar-refractivity contribution is 0.0398. The molecule has 1 fully saturated rings. The fourth-order valence-corrected chi connectivity index (χ4v) is 6.89. The third-order valence-corrected chi connectivity index (χ3v) is 10.5. The number of carbonyl (C=O) groups excluding carboxylic acids is 2. The van der Waals surface area contributed by atoms with Crippen molar-refractivity contribution < 1.29 is 28.0 Å². The van der Waals surface area contributed by atoms with Gasteiger partial charge in [-0.15, -0.1) is 0 Å². The van der Waals surface area contributed by atoms with E-state index in [1.807, 2.05) is 65.0 Å². The van der Waals surface area contributed by atoms with E-state index in [1.165, 1.54) is 25.3 Å². The lowest BCUT2D eigenvalue weighted by Crippen LogP contribution is -2.39. The van der Waals surface area contributed by atoms with Crippen LogP contribution >= 0.6 is 0 Å². The Morgan fingerprint density at radius 2 is 1.18 bits per heavy atom. The van der Waals surface area contributed by atoms with E-state index < -0.39 is 34.2 Å². The number of benzene rings is 2. The second-order valence-corrected chi connectivity index (χ2v) is 18.8. The van der Waals surface area contributed by atoms with Crippen molar-refractivity contribution >= 4 is 63.2 Å². The Bertz CT molecular complexity index is 2710. The Balaban J connectivity index is 0.000000228. The molecule has 21 heteroatoms. The van der Waals surface area contributed by atoms with Gasteiger partial charge in [0.05, 0.1) is 46.5 Å². The summed E-state index contributed by atoms with van der Waals surface area (Å²) >= 11 is 0. The highest BCUT2D eigenvalue weighted by molar-refractivity contribution is 7.84. The van der Waals surface area contributed by atoms with E-state index in [0.717, 1.165) is 73.3 Å². The molecule has 2 amide bonds. The molecule has 0 spiro atoms. The van der Waals surface area contributed by atoms with Crippen molar-refractivity contribution in [3.8, 4) is 22.5 Å². The monoisotopic (exact) mass is 946 g/mol. The SMILES string of the molecule is Cc1ccc(NC(=O)OC(C)(C)C)cc1Nc1ncncc1-c1cc(NCCN2CCOCC2)ncn1.Cc1ccc(NC(=O)OC(C)(C)C)cc1Nc1ncncc1-c1cc(S(C)=O)ncn1. The lowest BCUT2D eigenvalue weighted by atomic mass is 10.1. The highest BCUT2D eigenvalue weighted by atomic mass is 32.2. The largest absolute Gasteiger partial charge is 0.444 e. The normalized spacial score (nSPS) is 13.2. The number of ether oxygens (including phenoxy) is 3. The fourth-order valence-electron chi connectivity index (χ4n) is 6.41. The second kappa shape index (κ2) is 23.0. The summed E-state index contributed by atoms with van der Waals surface area (Å²) < 4.78 is 27.9. The number of nitrogens with one attached hydrogen (secondary N) is 5. The van der Waals surface area contributed by atoms with Crippen molar-refractivity contribution in [3.05, 3.63) is 97.4 Å². The van der Waals surface area contributed by atoms with E-state index in [-0.39, 0.29) is 0 Å². The summed E-state index contributed by atoms with van der Waals surface area (Å²) in [6, 6.07) is 14.6. The van der Waals surface area contributed by atoms with E-state index >= 15 is 0 Å². The number of nitrogens with zero attached hydrogens (tertiary/aromatic N) is 9. The number of aryl methyl sites for hydroxylation is 2. The van der Waals surface area contributed by atoms with Gasteiger partial charge in [-0.25, -0.2) is 49.5 Å². The Morgan fingerprint density at radius 1 is 0.676 bits per heavy atom. The predicted octanol–water partition coefficient (Wildman–Crippen LogP) is 8.15. The van der Waals surface area contributed by atoms with Crippen molar-refractivity contribution in [1.82, 2.24) is 44.8 Å². The molecule has 2 aromatic carbocycles. The molecule has 0 radical (unpaired) electrons. The molecule has 1 unspecified atom stereocenters. The molecule has 5 N–H and O–H groups in total. The van der Waals surface area contributed by atoms with Gasteiger partial charge >= 0.3 is 12.2 Å². The molecule has 1 atom stereocenters. The molecule has 4 aromatic heterocycles. The van der Waals surface area contributed by atoms with Crippen LogP contribution in [0.25, 0.3) is 22.5 Å². The summed E-state index contributed by atoms with van der Waals surface area (Å²) in [6.07, 6.45) is 9.63. The Labute approximate surface area is 398 Å². The zero-order valence-corrected chi connectivity index (χ0v) is 40.5. The summed E-state index contributed by atoms with van der Waals surface area (Å²) in [5.74, 6) is 1.83. The van der Waals surface area contributed by atoms with Gasteiger partial charge in [0.15, 0.2) is 0 Å². The number of carbonyl (C=O) groups is 2. The number of aromatic nitrogens is 8. The Hall–Kier alpha value is -7.23. The first-order valence-electron chi connectivity index (χ1n) is 21.8. The van der Waals surface area contributed by atoms with Gasteiger partial charge < -0.3 is 30.2 Å². The maximum atomic E-state index is 12.2. The van der Waals surface area contributed by atoms with Crippen LogP contribution in [-0.4, -0.2) is 118 Å². The number of anilines is 7. The van der Waals surface area contributed by atoms with Gasteiger partial charge in [0.2, 0.25) is 0 Å². The zero-order valence-electron chi connectivity index (χ0n) is 39.7. The first-order valence-corrected chi connectivity index (χ1v) is 23.3. The minimum absolute atomic E-state index is 0.416. The van der Waals surface area contributed by atoms with E-state index in [1.54, 1.807) is 57.6 Å². The summed E-state index contributed by atoms with van der Waals surface area (Å²) in [5, 5.41) is 15.9. The molecule has 1 saturated heterocycles. The molecule has 68 heavy (non-hydrogen) atoms. The standard InChI is InChI=1S/C26H34N8O3.C21H24N6O3S/c1-18-5-6-19(32-25(35)37-26(2,3)4)13-21(18)33-24-20(15-27-16-31-24)22-14-23(30-17-29-22)28-7-8-34-9-11-36-12-10-34;1-13-6-7-14(26-20(28)30-21(2,3)4)8-16(13)27-19-15(10-22-11-25-19)17-9-18(31(5)29)24-12-23-17/h5-6,13-17H,7-12H2,1-4H3,(H,32,35)(H,27,31,33)(H,28,29,30);6-12H,1-5H3,(H,26,28)(H,22,25,27). The van der Waals surface area contributed by atoms with Crippen LogP contribution in [0.1, 0.15) is 52.7 Å². The molecule has 0 bridgehead atoms. The van der Waals surface area contributed by atoms with Crippen molar-refractivity contribution in [3.63, 3.8) is 0 Å². The van der Waals surface area contributed by atoms with Gasteiger partial charge in [-0.3, -0.25) is 19.7 Å². The topological polar surface area (TPSA) is 245 Å². The zero-order chi connectivity index (χ0) is 48.8. The predicted molar refractivity (Wildman–Crippen MR) is 263 cm³/mol. The molecule has 5 heterocycles. The number of morpholine rings is 1. The molecule has 1 aliphatic rings. The minimum atomic E-state index is -1.24. The molecule has 0 aliphatic carbocycles. The number of rotatable bonds is 13. The molecular formula is C47H58N14O6S. The average Bonchev–Trinajstić information content (AvgIpc) is 3.28. The van der Waals surface area contributed by atoms with Crippen LogP contribution in [0.3, 0.4) is 0 Å². The van der Waals surface area contributed by atoms with E-state index in [4.69, 9.17) is 14.2 Å². The van der Waals surface area contributed by atoms with Crippen LogP contribution in [0.15, 0.2) is 91.3 Å². The molecular weight excluding hydrogens is 889 g/mol. The smallest absolute Gasteiger partial charge is 0.412 e. The first kappa shape index (κ1) is 50.2. The van der Waals surface area contributed by atoms with Crippen molar-refractivity contribution in [2.75, 3.05) is 72.2 Å². The summed E-state index contributed by atoms with van der Waals surface area (Å²) in [7, 11) is -1.24. The molecule has 358 valence electrons.